The van der Waals surface area contributed by atoms with Crippen LogP contribution in [0.25, 0.3) is 0 Å². The van der Waals surface area contributed by atoms with Crippen LogP contribution in [0.4, 0.5) is 0 Å². The summed E-state index contributed by atoms with van der Waals surface area (Å²) in [6.45, 7) is 1.77. The number of carboxylic acid groups (broad SMARTS) is 1. The van der Waals surface area contributed by atoms with E-state index in [0.29, 0.717) is 24.3 Å². The topological polar surface area (TPSA) is 98.9 Å². The maximum absolute atomic E-state index is 11.5. The van der Waals surface area contributed by atoms with Gasteiger partial charge in [0.2, 0.25) is 5.91 Å². The fourth-order valence-electron chi connectivity index (χ4n) is 2.11. The highest BCUT2D eigenvalue weighted by molar-refractivity contribution is 8.00. The van der Waals surface area contributed by atoms with Crippen LogP contribution in [0.3, 0.4) is 0 Å². The minimum atomic E-state index is -0.841. The van der Waals surface area contributed by atoms with Crippen LogP contribution in [-0.4, -0.2) is 36.5 Å². The fraction of sp³-hybridized carbons (Fsp3) is 0.500. The Labute approximate surface area is 140 Å². The summed E-state index contributed by atoms with van der Waals surface area (Å²) in [4.78, 5) is 23.1. The molecule has 2 atom stereocenters. The lowest BCUT2D eigenvalue weighted by Gasteiger charge is -2.21. The van der Waals surface area contributed by atoms with E-state index in [-0.39, 0.29) is 17.6 Å². The largest absolute Gasteiger partial charge is 0.493 e. The summed E-state index contributed by atoms with van der Waals surface area (Å²) in [7, 11) is 3.12. The van der Waals surface area contributed by atoms with Crippen LogP contribution in [0.2, 0.25) is 0 Å². The molecule has 1 amide bonds. The average Bonchev–Trinajstić information content (AvgIpc) is 2.52. The lowest BCUT2D eigenvalue weighted by molar-refractivity contribution is -0.137. The van der Waals surface area contributed by atoms with Gasteiger partial charge in [0.1, 0.15) is 0 Å². The Morgan fingerprint density at radius 3 is 2.43 bits per heavy atom. The monoisotopic (exact) mass is 341 g/mol. The number of carboxylic acids is 1. The molecule has 0 aliphatic carbocycles. The molecule has 0 aromatic heterocycles. The molecule has 0 unspecified atom stereocenters. The Morgan fingerprint density at radius 1 is 1.26 bits per heavy atom. The molecule has 1 aromatic carbocycles. The number of primary amides is 1. The van der Waals surface area contributed by atoms with Crippen LogP contribution in [-0.2, 0) is 9.59 Å². The van der Waals surface area contributed by atoms with Gasteiger partial charge >= 0.3 is 5.97 Å². The number of hydrogen-bond donors (Lipinski definition) is 2. The summed E-state index contributed by atoms with van der Waals surface area (Å²) in [5.74, 6) is -0.359. The maximum atomic E-state index is 11.5. The molecule has 0 saturated heterocycles. The van der Waals surface area contributed by atoms with Crippen LogP contribution in [0, 0.1) is 5.92 Å². The highest BCUT2D eigenvalue weighted by Gasteiger charge is 2.23. The van der Waals surface area contributed by atoms with Gasteiger partial charge in [-0.25, -0.2) is 0 Å². The fourth-order valence-corrected chi connectivity index (χ4v) is 3.41. The van der Waals surface area contributed by atoms with Crippen molar-refractivity contribution < 1.29 is 24.2 Å². The lowest BCUT2D eigenvalue weighted by atomic mass is 10.0. The Hall–Kier alpha value is -1.89. The van der Waals surface area contributed by atoms with Crippen LogP contribution < -0.4 is 15.2 Å². The van der Waals surface area contributed by atoms with Gasteiger partial charge in [-0.3, -0.25) is 9.59 Å². The molecule has 0 bridgehead atoms. The Morgan fingerprint density at radius 2 is 1.91 bits per heavy atom. The summed E-state index contributed by atoms with van der Waals surface area (Å²) >= 11 is 1.50. The summed E-state index contributed by atoms with van der Waals surface area (Å²) in [5.41, 5.74) is 5.41. The number of nitrogens with two attached hydrogens (primary N) is 1. The van der Waals surface area contributed by atoms with Crippen molar-refractivity contribution in [3.8, 4) is 11.5 Å². The molecule has 128 valence electrons. The van der Waals surface area contributed by atoms with E-state index in [4.69, 9.17) is 20.3 Å². The molecule has 0 heterocycles. The molecule has 0 fully saturated rings. The van der Waals surface area contributed by atoms with E-state index >= 15 is 0 Å². The van der Waals surface area contributed by atoms with Gasteiger partial charge in [-0.2, -0.15) is 0 Å². The highest BCUT2D eigenvalue weighted by Crippen LogP contribution is 2.37. The summed E-state index contributed by atoms with van der Waals surface area (Å²) < 4.78 is 10.5. The van der Waals surface area contributed by atoms with Crippen molar-refractivity contribution >= 4 is 23.6 Å². The lowest BCUT2D eigenvalue weighted by Crippen LogP contribution is -2.29. The van der Waals surface area contributed by atoms with Gasteiger partial charge in [0.05, 0.1) is 14.2 Å². The third kappa shape index (κ3) is 6.02. The van der Waals surface area contributed by atoms with Crippen LogP contribution >= 0.6 is 11.8 Å². The van der Waals surface area contributed by atoms with Crippen molar-refractivity contribution in [2.75, 3.05) is 14.2 Å². The normalized spacial score (nSPS) is 13.2. The van der Waals surface area contributed by atoms with Crippen LogP contribution in [0.1, 0.15) is 26.2 Å². The van der Waals surface area contributed by atoms with E-state index in [0.717, 1.165) is 4.90 Å². The first kappa shape index (κ1) is 19.2. The van der Waals surface area contributed by atoms with Gasteiger partial charge in [-0.1, -0.05) is 6.92 Å². The number of hydrogen-bond acceptors (Lipinski definition) is 5. The summed E-state index contributed by atoms with van der Waals surface area (Å²) in [5, 5.41) is 8.67. The van der Waals surface area contributed by atoms with E-state index in [9.17, 15) is 9.59 Å². The Balaban J connectivity index is 2.86. The summed E-state index contributed by atoms with van der Waals surface area (Å²) in [6.07, 6.45) is 1.17. The standard InChI is InChI=1S/C16H23NO5S/c1-10(16(17)20)14(5-4-6-15(18)19)23-11-7-8-12(21-2)13(9-11)22-3/h7-10,14H,4-6H2,1-3H3,(H2,17,20)(H,18,19)/t10-,14-/m1/s1. The molecule has 1 rings (SSSR count). The second-order valence-corrected chi connectivity index (χ2v) is 6.46. The highest BCUT2D eigenvalue weighted by atomic mass is 32.2. The first-order valence-electron chi connectivity index (χ1n) is 7.28. The SMILES string of the molecule is COc1ccc(S[C@H](CCCC(=O)O)[C@@H](C)C(N)=O)cc1OC. The van der Waals surface area contributed by atoms with Gasteiger partial charge in [-0.15, -0.1) is 11.8 Å². The molecule has 0 spiro atoms. The van der Waals surface area contributed by atoms with Crippen molar-refractivity contribution in [1.29, 1.82) is 0 Å². The van der Waals surface area contributed by atoms with E-state index < -0.39 is 11.9 Å². The predicted molar refractivity (Wildman–Crippen MR) is 89.0 cm³/mol. The number of carbonyl (C=O) groups excluding carboxylic acids is 1. The van der Waals surface area contributed by atoms with Crippen molar-refractivity contribution in [2.45, 2.75) is 36.3 Å². The van der Waals surface area contributed by atoms with E-state index in [1.807, 2.05) is 12.1 Å². The minimum absolute atomic E-state index is 0.0779. The summed E-state index contributed by atoms with van der Waals surface area (Å²) in [6, 6.07) is 5.51. The third-order valence-electron chi connectivity index (χ3n) is 3.53. The zero-order valence-electron chi connectivity index (χ0n) is 13.6. The number of rotatable bonds is 10. The number of methoxy groups -OCH3 is 2. The number of aliphatic carboxylic acids is 1. The molecule has 3 N–H and O–H groups in total. The number of amides is 1. The maximum Gasteiger partial charge on any atom is 0.303 e. The van der Waals surface area contributed by atoms with Crippen molar-refractivity contribution in [1.82, 2.24) is 0 Å². The molecule has 23 heavy (non-hydrogen) atoms. The third-order valence-corrected chi connectivity index (χ3v) is 5.00. The van der Waals surface area contributed by atoms with E-state index in [2.05, 4.69) is 0 Å². The van der Waals surface area contributed by atoms with Crippen LogP contribution in [0.5, 0.6) is 11.5 Å². The molecule has 0 aliphatic heterocycles. The van der Waals surface area contributed by atoms with Gasteiger partial charge in [0.15, 0.2) is 11.5 Å². The van der Waals surface area contributed by atoms with Crippen LogP contribution in [0.15, 0.2) is 23.1 Å². The second kappa shape index (κ2) is 9.29. The molecule has 0 radical (unpaired) electrons. The van der Waals surface area contributed by atoms with Gasteiger partial charge in [0.25, 0.3) is 0 Å². The smallest absolute Gasteiger partial charge is 0.303 e. The van der Waals surface area contributed by atoms with Crippen molar-refractivity contribution in [2.24, 2.45) is 11.7 Å². The molecular formula is C16H23NO5S. The Kier molecular flexibility index (Phi) is 7.74. The van der Waals surface area contributed by atoms with Gasteiger partial charge < -0.3 is 20.3 Å². The number of ether oxygens (including phenoxy) is 2. The molecule has 0 saturated carbocycles. The quantitative estimate of drug-likeness (QED) is 0.635. The molecule has 6 nitrogen and oxygen atoms in total. The van der Waals surface area contributed by atoms with Gasteiger partial charge in [-0.05, 0) is 31.0 Å². The molecule has 0 aliphatic rings. The zero-order chi connectivity index (χ0) is 17.4. The molecular weight excluding hydrogens is 318 g/mol. The second-order valence-electron chi connectivity index (χ2n) is 5.15. The average molecular weight is 341 g/mol. The molecule has 1 aromatic rings. The number of benzene rings is 1. The number of thioether (sulfide) groups is 1. The van der Waals surface area contributed by atoms with E-state index in [1.54, 1.807) is 27.2 Å². The van der Waals surface area contributed by atoms with E-state index in [1.165, 1.54) is 11.8 Å². The van der Waals surface area contributed by atoms with Gasteiger partial charge in [0, 0.05) is 22.5 Å². The Bertz CT molecular complexity index is 549. The number of carbonyl (C=O) groups is 2. The first-order valence-corrected chi connectivity index (χ1v) is 8.16. The van der Waals surface area contributed by atoms with Crippen molar-refractivity contribution in [3.63, 3.8) is 0 Å². The zero-order valence-corrected chi connectivity index (χ0v) is 14.4. The van der Waals surface area contributed by atoms with Crippen molar-refractivity contribution in [3.05, 3.63) is 18.2 Å². The minimum Gasteiger partial charge on any atom is -0.493 e. The molecule has 7 heteroatoms. The first-order chi connectivity index (χ1) is 10.9. The predicted octanol–water partition coefficient (Wildman–Crippen LogP) is 2.54.